The highest BCUT2D eigenvalue weighted by molar-refractivity contribution is 5.96. The van der Waals surface area contributed by atoms with Crippen molar-refractivity contribution in [2.24, 2.45) is 0 Å². The number of aromatic nitrogens is 2. The third-order valence-corrected chi connectivity index (χ3v) is 4.95. The summed E-state index contributed by atoms with van der Waals surface area (Å²) in [6.07, 6.45) is 1.60. The predicted molar refractivity (Wildman–Crippen MR) is 103 cm³/mol. The minimum Gasteiger partial charge on any atom is -0.493 e. The quantitative estimate of drug-likeness (QED) is 0.773. The average molecular weight is 363 g/mol. The van der Waals surface area contributed by atoms with E-state index in [0.717, 1.165) is 17.0 Å². The Morgan fingerprint density at radius 2 is 2.11 bits per heavy atom. The fourth-order valence-electron chi connectivity index (χ4n) is 3.47. The molecule has 1 aromatic carbocycles. The van der Waals surface area contributed by atoms with Crippen molar-refractivity contribution < 1.29 is 9.53 Å². The summed E-state index contributed by atoms with van der Waals surface area (Å²) >= 11 is 0. The summed E-state index contributed by atoms with van der Waals surface area (Å²) < 4.78 is 7.49. The van der Waals surface area contributed by atoms with Gasteiger partial charge in [-0.15, -0.1) is 0 Å². The van der Waals surface area contributed by atoms with Crippen LogP contribution >= 0.6 is 0 Å². The number of hydrogen-bond donors (Lipinski definition) is 1. The van der Waals surface area contributed by atoms with Gasteiger partial charge in [-0.2, -0.15) is 0 Å². The zero-order chi connectivity index (χ0) is 19.0. The summed E-state index contributed by atoms with van der Waals surface area (Å²) in [4.78, 5) is 30.0. The van der Waals surface area contributed by atoms with Crippen LogP contribution in [0.2, 0.25) is 0 Å². The lowest BCUT2D eigenvalue weighted by atomic mass is 10.0. The molecule has 0 spiro atoms. The molecular formula is C21H21N3O3. The van der Waals surface area contributed by atoms with E-state index in [1.54, 1.807) is 18.3 Å². The topological polar surface area (TPSA) is 73.2 Å². The van der Waals surface area contributed by atoms with Gasteiger partial charge in [0, 0.05) is 36.5 Å². The Hall–Kier alpha value is -3.15. The van der Waals surface area contributed by atoms with E-state index in [9.17, 15) is 9.59 Å². The second kappa shape index (κ2) is 6.87. The molecule has 6 nitrogen and oxygen atoms in total. The minimum absolute atomic E-state index is 0.0864. The zero-order valence-corrected chi connectivity index (χ0v) is 15.4. The highest BCUT2D eigenvalue weighted by Gasteiger charge is 2.25. The number of aryl methyl sites for hydroxylation is 2. The number of fused-ring (bicyclic) bond motifs is 2. The number of carbonyl (C=O) groups is 1. The van der Waals surface area contributed by atoms with E-state index in [2.05, 4.69) is 10.3 Å². The summed E-state index contributed by atoms with van der Waals surface area (Å²) in [5.74, 6) is 0.578. The first-order valence-electron chi connectivity index (χ1n) is 9.09. The monoisotopic (exact) mass is 363 g/mol. The first kappa shape index (κ1) is 17.3. The molecule has 1 aliphatic rings. The molecule has 6 heteroatoms. The molecule has 1 amide bonds. The maximum absolute atomic E-state index is 12.8. The van der Waals surface area contributed by atoms with Gasteiger partial charge >= 0.3 is 0 Å². The van der Waals surface area contributed by atoms with Crippen molar-refractivity contribution in [2.75, 3.05) is 13.2 Å². The van der Waals surface area contributed by atoms with Crippen LogP contribution in [0.15, 0.2) is 47.4 Å². The number of pyridine rings is 2. The molecule has 0 aliphatic carbocycles. The van der Waals surface area contributed by atoms with Crippen molar-refractivity contribution in [3.63, 3.8) is 0 Å². The summed E-state index contributed by atoms with van der Waals surface area (Å²) in [5.41, 5.74) is 2.38. The molecule has 27 heavy (non-hydrogen) atoms. The van der Waals surface area contributed by atoms with Crippen molar-refractivity contribution in [1.82, 2.24) is 14.9 Å². The van der Waals surface area contributed by atoms with Gasteiger partial charge in [-0.05, 0) is 32.0 Å². The molecule has 1 N–H and O–H groups in total. The van der Waals surface area contributed by atoms with Crippen LogP contribution in [-0.4, -0.2) is 28.6 Å². The van der Waals surface area contributed by atoms with Gasteiger partial charge in [0.05, 0.1) is 12.0 Å². The maximum atomic E-state index is 12.8. The zero-order valence-electron chi connectivity index (χ0n) is 15.4. The number of carbonyl (C=O) groups excluding carboxylic acids is 1. The molecule has 138 valence electrons. The number of rotatable bonds is 4. The van der Waals surface area contributed by atoms with Gasteiger partial charge in [0.25, 0.3) is 5.91 Å². The standard InChI is InChI=1S/C21H21N3O3/c1-3-24-11-17(19(25)16-9-8-13(2)23-20(16)24)21(26)22-10-14-12-27-18-7-5-4-6-15(14)18/h4-9,11,14H,3,10,12H2,1-2H3,(H,22,26)/t14-/m1/s1. The van der Waals surface area contributed by atoms with Crippen molar-refractivity contribution in [3.8, 4) is 5.75 Å². The van der Waals surface area contributed by atoms with Crippen LogP contribution in [0.3, 0.4) is 0 Å². The van der Waals surface area contributed by atoms with E-state index in [4.69, 9.17) is 4.74 Å². The Morgan fingerprint density at radius 1 is 1.30 bits per heavy atom. The largest absolute Gasteiger partial charge is 0.493 e. The van der Waals surface area contributed by atoms with Crippen LogP contribution in [0.25, 0.3) is 11.0 Å². The Morgan fingerprint density at radius 3 is 2.93 bits per heavy atom. The number of benzene rings is 1. The van der Waals surface area contributed by atoms with Gasteiger partial charge in [-0.25, -0.2) is 4.98 Å². The van der Waals surface area contributed by atoms with E-state index in [-0.39, 0.29) is 22.8 Å². The van der Waals surface area contributed by atoms with Crippen LogP contribution in [-0.2, 0) is 6.54 Å². The highest BCUT2D eigenvalue weighted by atomic mass is 16.5. The smallest absolute Gasteiger partial charge is 0.256 e. The molecule has 0 saturated heterocycles. The number of para-hydroxylation sites is 1. The molecular weight excluding hydrogens is 342 g/mol. The summed E-state index contributed by atoms with van der Waals surface area (Å²) in [6.45, 7) is 5.41. The van der Waals surface area contributed by atoms with E-state index in [1.165, 1.54) is 0 Å². The van der Waals surface area contributed by atoms with Crippen molar-refractivity contribution in [1.29, 1.82) is 0 Å². The number of nitrogens with zero attached hydrogens (tertiary/aromatic N) is 2. The molecule has 4 rings (SSSR count). The van der Waals surface area contributed by atoms with Gasteiger partial charge in [0.15, 0.2) is 0 Å². The fraction of sp³-hybridized carbons (Fsp3) is 0.286. The van der Waals surface area contributed by atoms with Crippen molar-refractivity contribution in [2.45, 2.75) is 26.3 Å². The second-order valence-electron chi connectivity index (χ2n) is 6.74. The summed E-state index contributed by atoms with van der Waals surface area (Å²) in [7, 11) is 0. The SMILES string of the molecule is CCn1cc(C(=O)NC[C@@H]2COc3ccccc32)c(=O)c2ccc(C)nc21. The van der Waals surface area contributed by atoms with E-state index in [0.29, 0.717) is 30.7 Å². The third kappa shape index (κ3) is 3.07. The Balaban J connectivity index is 1.61. The van der Waals surface area contributed by atoms with E-state index >= 15 is 0 Å². The van der Waals surface area contributed by atoms with Gasteiger partial charge < -0.3 is 14.6 Å². The van der Waals surface area contributed by atoms with Gasteiger partial charge in [-0.1, -0.05) is 18.2 Å². The molecule has 0 saturated carbocycles. The Kier molecular flexibility index (Phi) is 4.39. The summed E-state index contributed by atoms with van der Waals surface area (Å²) in [5, 5.41) is 3.36. The fourth-order valence-corrected chi connectivity index (χ4v) is 3.47. The first-order chi connectivity index (χ1) is 13.1. The van der Waals surface area contributed by atoms with E-state index < -0.39 is 0 Å². The predicted octanol–water partition coefficient (Wildman–Crippen LogP) is 2.63. The Labute approximate surface area is 156 Å². The molecule has 1 aliphatic heterocycles. The molecule has 2 aromatic heterocycles. The minimum atomic E-state index is -0.367. The van der Waals surface area contributed by atoms with Crippen LogP contribution in [0.4, 0.5) is 0 Å². The number of hydrogen-bond acceptors (Lipinski definition) is 4. The normalized spacial score (nSPS) is 15.4. The van der Waals surface area contributed by atoms with Gasteiger partial charge in [-0.3, -0.25) is 9.59 Å². The molecule has 3 aromatic rings. The number of amides is 1. The molecule has 0 unspecified atom stereocenters. The lowest BCUT2D eigenvalue weighted by Gasteiger charge is -2.13. The lowest BCUT2D eigenvalue weighted by Crippen LogP contribution is -2.33. The van der Waals surface area contributed by atoms with Gasteiger partial charge in [0.2, 0.25) is 5.43 Å². The second-order valence-corrected chi connectivity index (χ2v) is 6.74. The van der Waals surface area contributed by atoms with Crippen molar-refractivity contribution in [3.05, 3.63) is 69.6 Å². The van der Waals surface area contributed by atoms with Gasteiger partial charge in [0.1, 0.15) is 17.0 Å². The van der Waals surface area contributed by atoms with Crippen LogP contribution < -0.4 is 15.5 Å². The van der Waals surface area contributed by atoms with Crippen molar-refractivity contribution >= 4 is 16.9 Å². The molecule has 0 radical (unpaired) electrons. The van der Waals surface area contributed by atoms with Crippen LogP contribution in [0.1, 0.15) is 34.5 Å². The molecule has 3 heterocycles. The van der Waals surface area contributed by atoms with Crippen LogP contribution in [0, 0.1) is 6.92 Å². The third-order valence-electron chi connectivity index (χ3n) is 4.95. The Bertz CT molecular complexity index is 1090. The first-order valence-corrected chi connectivity index (χ1v) is 9.09. The average Bonchev–Trinajstić information content (AvgIpc) is 3.09. The summed E-state index contributed by atoms with van der Waals surface area (Å²) in [6, 6.07) is 11.4. The number of nitrogens with one attached hydrogen (secondary N) is 1. The molecule has 0 fully saturated rings. The van der Waals surface area contributed by atoms with E-state index in [1.807, 2.05) is 42.7 Å². The maximum Gasteiger partial charge on any atom is 0.256 e. The molecule has 1 atom stereocenters. The molecule has 0 bridgehead atoms. The highest BCUT2D eigenvalue weighted by Crippen LogP contribution is 2.32. The number of ether oxygens (including phenoxy) is 1. The van der Waals surface area contributed by atoms with Crippen LogP contribution in [0.5, 0.6) is 5.75 Å². The lowest BCUT2D eigenvalue weighted by molar-refractivity contribution is 0.0948.